The van der Waals surface area contributed by atoms with Crippen molar-refractivity contribution < 1.29 is 4.74 Å². The van der Waals surface area contributed by atoms with Crippen LogP contribution in [0.15, 0.2) is 12.1 Å². The highest BCUT2D eigenvalue weighted by molar-refractivity contribution is 6.16. The molecule has 102 valence electrons. The first kappa shape index (κ1) is 12.9. The number of nitrogens with zero attached hydrogens (tertiary/aromatic N) is 3. The Balaban J connectivity index is 2.08. The van der Waals surface area contributed by atoms with E-state index < -0.39 is 0 Å². The smallest absolute Gasteiger partial charge is 0.160 e. The number of imidazole rings is 1. The average molecular weight is 280 g/mol. The molecule has 2 aromatic rings. The van der Waals surface area contributed by atoms with Crippen molar-refractivity contribution in [2.75, 3.05) is 7.11 Å². The Morgan fingerprint density at radius 1 is 1.37 bits per heavy atom. The van der Waals surface area contributed by atoms with Crippen LogP contribution in [0.5, 0.6) is 0 Å². The Hall–Kier alpha value is -1.13. The predicted molar refractivity (Wildman–Crippen MR) is 75.5 cm³/mol. The lowest BCUT2D eigenvalue weighted by molar-refractivity contribution is 0.106. The molecular formula is C14H18ClN3O. The van der Waals surface area contributed by atoms with Gasteiger partial charge in [-0.25, -0.2) is 9.97 Å². The van der Waals surface area contributed by atoms with Crippen LogP contribution < -0.4 is 0 Å². The molecule has 0 bridgehead atoms. The number of hydrogen-bond acceptors (Lipinski definition) is 3. The maximum absolute atomic E-state index is 6.05. The van der Waals surface area contributed by atoms with Crippen LogP contribution in [0.2, 0.25) is 0 Å². The maximum atomic E-state index is 6.05. The summed E-state index contributed by atoms with van der Waals surface area (Å²) in [5.41, 5.74) is 2.90. The van der Waals surface area contributed by atoms with Crippen LogP contribution in [0.25, 0.3) is 11.2 Å². The minimum Gasteiger partial charge on any atom is -0.381 e. The lowest BCUT2D eigenvalue weighted by Crippen LogP contribution is -2.12. The van der Waals surface area contributed by atoms with Crippen molar-refractivity contribution in [1.82, 2.24) is 14.5 Å². The molecule has 19 heavy (non-hydrogen) atoms. The van der Waals surface area contributed by atoms with E-state index in [0.717, 1.165) is 41.9 Å². The number of aryl methyl sites for hydroxylation is 1. The minimum absolute atomic E-state index is 0.343. The zero-order chi connectivity index (χ0) is 13.4. The van der Waals surface area contributed by atoms with Gasteiger partial charge in [0, 0.05) is 18.8 Å². The second kappa shape index (κ2) is 5.10. The van der Waals surface area contributed by atoms with Crippen molar-refractivity contribution in [2.45, 2.75) is 44.2 Å². The molecule has 0 N–H and O–H groups in total. The fraction of sp³-hybridized carbons (Fsp3) is 0.571. The zero-order valence-corrected chi connectivity index (χ0v) is 12.0. The van der Waals surface area contributed by atoms with Crippen LogP contribution in [-0.4, -0.2) is 27.7 Å². The number of methoxy groups -OCH3 is 1. The van der Waals surface area contributed by atoms with Gasteiger partial charge in [-0.05, 0) is 38.3 Å². The Kier molecular flexibility index (Phi) is 3.46. The van der Waals surface area contributed by atoms with E-state index in [1.54, 1.807) is 7.11 Å². The normalized spacial score (nSPS) is 23.3. The van der Waals surface area contributed by atoms with Crippen molar-refractivity contribution in [1.29, 1.82) is 0 Å². The Morgan fingerprint density at radius 3 is 2.89 bits per heavy atom. The molecule has 3 rings (SSSR count). The van der Waals surface area contributed by atoms with Gasteiger partial charge in [0.25, 0.3) is 0 Å². The van der Waals surface area contributed by atoms with E-state index in [9.17, 15) is 0 Å². The first-order valence-electron chi connectivity index (χ1n) is 6.66. The molecule has 1 fully saturated rings. The second-order valence-electron chi connectivity index (χ2n) is 5.15. The number of hydrogen-bond donors (Lipinski definition) is 0. The van der Waals surface area contributed by atoms with Crippen LogP contribution in [0.3, 0.4) is 0 Å². The summed E-state index contributed by atoms with van der Waals surface area (Å²) in [4.78, 5) is 9.24. The SMILES string of the molecule is COC1CCC(n2c(CCl)nc3ccc(C)nc32)C1. The molecule has 1 saturated carbocycles. The van der Waals surface area contributed by atoms with E-state index in [-0.39, 0.29) is 0 Å². The van der Waals surface area contributed by atoms with E-state index in [2.05, 4.69) is 14.5 Å². The summed E-state index contributed by atoms with van der Waals surface area (Å²) in [6.07, 6.45) is 3.55. The monoisotopic (exact) mass is 279 g/mol. The van der Waals surface area contributed by atoms with Crippen LogP contribution in [0.4, 0.5) is 0 Å². The molecule has 2 heterocycles. The Bertz CT molecular complexity index is 596. The number of fused-ring (bicyclic) bond motifs is 1. The summed E-state index contributed by atoms with van der Waals surface area (Å²) >= 11 is 6.05. The molecule has 2 unspecified atom stereocenters. The van der Waals surface area contributed by atoms with Gasteiger partial charge in [-0.2, -0.15) is 0 Å². The molecule has 2 atom stereocenters. The Morgan fingerprint density at radius 2 is 2.21 bits per heavy atom. The molecule has 0 amide bonds. The van der Waals surface area contributed by atoms with E-state index in [1.807, 2.05) is 19.1 Å². The summed E-state index contributed by atoms with van der Waals surface area (Å²) in [5.74, 6) is 1.33. The van der Waals surface area contributed by atoms with Gasteiger partial charge in [0.05, 0.1) is 12.0 Å². The zero-order valence-electron chi connectivity index (χ0n) is 11.3. The number of rotatable bonds is 3. The number of ether oxygens (including phenoxy) is 1. The van der Waals surface area contributed by atoms with Gasteiger partial charge in [-0.1, -0.05) is 0 Å². The van der Waals surface area contributed by atoms with Crippen LogP contribution in [0.1, 0.15) is 36.8 Å². The summed E-state index contributed by atoms with van der Waals surface area (Å²) in [7, 11) is 1.78. The largest absolute Gasteiger partial charge is 0.381 e. The second-order valence-corrected chi connectivity index (χ2v) is 5.42. The highest BCUT2D eigenvalue weighted by Gasteiger charge is 2.29. The molecule has 0 aliphatic heterocycles. The van der Waals surface area contributed by atoms with Gasteiger partial charge >= 0.3 is 0 Å². The average Bonchev–Trinajstić information content (AvgIpc) is 3.01. The van der Waals surface area contributed by atoms with Gasteiger partial charge in [0.15, 0.2) is 5.65 Å². The van der Waals surface area contributed by atoms with Crippen molar-refractivity contribution >= 4 is 22.8 Å². The lowest BCUT2D eigenvalue weighted by Gasteiger charge is -2.15. The third-order valence-electron chi connectivity index (χ3n) is 3.92. The van der Waals surface area contributed by atoms with Crippen LogP contribution >= 0.6 is 11.6 Å². The topological polar surface area (TPSA) is 39.9 Å². The van der Waals surface area contributed by atoms with E-state index in [4.69, 9.17) is 16.3 Å². The van der Waals surface area contributed by atoms with Gasteiger partial charge in [-0.3, -0.25) is 0 Å². The number of halogens is 1. The highest BCUT2D eigenvalue weighted by Crippen LogP contribution is 2.35. The van der Waals surface area contributed by atoms with E-state index in [0.29, 0.717) is 18.0 Å². The predicted octanol–water partition coefficient (Wildman–Crippen LogP) is 3.22. The van der Waals surface area contributed by atoms with Crippen molar-refractivity contribution in [2.24, 2.45) is 0 Å². The van der Waals surface area contributed by atoms with Gasteiger partial charge in [0.2, 0.25) is 0 Å². The van der Waals surface area contributed by atoms with Crippen molar-refractivity contribution in [3.63, 3.8) is 0 Å². The highest BCUT2D eigenvalue weighted by atomic mass is 35.5. The molecule has 0 radical (unpaired) electrons. The number of aromatic nitrogens is 3. The fourth-order valence-corrected chi connectivity index (χ4v) is 3.15. The molecule has 0 aromatic carbocycles. The molecule has 4 nitrogen and oxygen atoms in total. The quantitative estimate of drug-likeness (QED) is 0.810. The van der Waals surface area contributed by atoms with Crippen molar-refractivity contribution in [3.05, 3.63) is 23.7 Å². The van der Waals surface area contributed by atoms with E-state index >= 15 is 0 Å². The standard InChI is InChI=1S/C14H18ClN3O/c1-9-3-6-12-14(16-9)18(13(8-15)17-12)10-4-5-11(7-10)19-2/h3,6,10-11H,4-5,7-8H2,1-2H3. The lowest BCUT2D eigenvalue weighted by atomic mass is 10.2. The van der Waals surface area contributed by atoms with Crippen LogP contribution in [0, 0.1) is 6.92 Å². The fourth-order valence-electron chi connectivity index (χ4n) is 2.96. The molecule has 5 heteroatoms. The van der Waals surface area contributed by atoms with Gasteiger partial charge in [0.1, 0.15) is 11.3 Å². The molecule has 1 aliphatic rings. The molecule has 0 saturated heterocycles. The molecular weight excluding hydrogens is 262 g/mol. The summed E-state index contributed by atoms with van der Waals surface area (Å²) in [5, 5.41) is 0. The molecule has 0 spiro atoms. The third-order valence-corrected chi connectivity index (χ3v) is 4.16. The van der Waals surface area contributed by atoms with Crippen molar-refractivity contribution in [3.8, 4) is 0 Å². The first-order chi connectivity index (χ1) is 9.22. The first-order valence-corrected chi connectivity index (χ1v) is 7.19. The summed E-state index contributed by atoms with van der Waals surface area (Å²) in [6.45, 7) is 2.00. The maximum Gasteiger partial charge on any atom is 0.160 e. The summed E-state index contributed by atoms with van der Waals surface area (Å²) < 4.78 is 7.68. The third kappa shape index (κ3) is 2.23. The van der Waals surface area contributed by atoms with Gasteiger partial charge in [-0.15, -0.1) is 11.6 Å². The minimum atomic E-state index is 0.343. The van der Waals surface area contributed by atoms with Crippen LogP contribution in [-0.2, 0) is 10.6 Å². The summed E-state index contributed by atoms with van der Waals surface area (Å²) in [6, 6.07) is 4.41. The number of alkyl halides is 1. The van der Waals surface area contributed by atoms with E-state index in [1.165, 1.54) is 0 Å². The Labute approximate surface area is 117 Å². The number of pyridine rings is 1. The van der Waals surface area contributed by atoms with Gasteiger partial charge < -0.3 is 9.30 Å². The molecule has 2 aromatic heterocycles. The molecule has 1 aliphatic carbocycles.